The molecule has 1 N–H and O–H groups in total. The second-order valence-electron chi connectivity index (χ2n) is 3.43. The molecule has 0 saturated carbocycles. The molecule has 0 radical (unpaired) electrons. The molecule has 0 aliphatic rings. The smallest absolute Gasteiger partial charge is 0.365 e. The maximum Gasteiger partial charge on any atom is 0.365 e. The maximum absolute atomic E-state index is 10.7. The second kappa shape index (κ2) is 6.09. The third-order valence-electron chi connectivity index (χ3n) is 2.09. The van der Waals surface area contributed by atoms with Crippen molar-refractivity contribution in [2.75, 3.05) is 0 Å². The summed E-state index contributed by atoms with van der Waals surface area (Å²) in [7, 11) is 0. The van der Waals surface area contributed by atoms with Crippen molar-refractivity contribution in [2.45, 2.75) is 6.61 Å². The van der Waals surface area contributed by atoms with Gasteiger partial charge < -0.3 is 9.84 Å². The summed E-state index contributed by atoms with van der Waals surface area (Å²) in [4.78, 5) is 14.6. The summed E-state index contributed by atoms with van der Waals surface area (Å²) >= 11 is 16.2. The van der Waals surface area contributed by atoms with Crippen LogP contribution in [0.15, 0.2) is 22.0 Å². The van der Waals surface area contributed by atoms with E-state index in [0.717, 1.165) is 11.3 Å². The number of rotatable bonds is 4. The Morgan fingerprint density at radius 2 is 2.16 bits per heavy atom. The zero-order valence-electron chi connectivity index (χ0n) is 9.19. The fourth-order valence-electron chi connectivity index (χ4n) is 1.24. The highest BCUT2D eigenvalue weighted by atomic mass is 79.9. The van der Waals surface area contributed by atoms with Gasteiger partial charge in [0.05, 0.1) is 15.7 Å². The van der Waals surface area contributed by atoms with E-state index in [1.165, 1.54) is 0 Å². The lowest BCUT2D eigenvalue weighted by Gasteiger charge is -2.07. The van der Waals surface area contributed by atoms with Crippen molar-refractivity contribution >= 4 is 56.4 Å². The van der Waals surface area contributed by atoms with E-state index in [4.69, 9.17) is 33.0 Å². The minimum atomic E-state index is -1.05. The van der Waals surface area contributed by atoms with Crippen LogP contribution in [-0.2, 0) is 6.61 Å². The Morgan fingerprint density at radius 3 is 2.79 bits per heavy atom. The molecule has 2 aromatic rings. The number of halogens is 3. The fourth-order valence-corrected chi connectivity index (χ4v) is 2.72. The molecule has 2 rings (SSSR count). The monoisotopic (exact) mass is 381 g/mol. The highest BCUT2D eigenvalue weighted by Gasteiger charge is 2.11. The van der Waals surface area contributed by atoms with Gasteiger partial charge in [-0.1, -0.05) is 23.2 Å². The molecule has 1 aromatic carbocycles. The van der Waals surface area contributed by atoms with Gasteiger partial charge in [0, 0.05) is 15.9 Å². The van der Waals surface area contributed by atoms with Crippen molar-refractivity contribution < 1.29 is 14.6 Å². The standard InChI is InChI=1S/C11H6BrCl2NO3S/c12-6-1-8(14)9(2-7(6)13)18-3-5-4-19-10(15-5)11(16)17/h1-2,4H,3H2,(H,16,17). The van der Waals surface area contributed by atoms with E-state index in [2.05, 4.69) is 20.9 Å². The summed E-state index contributed by atoms with van der Waals surface area (Å²) < 4.78 is 6.14. The molecule has 8 heteroatoms. The fraction of sp³-hybridized carbons (Fsp3) is 0.0909. The number of nitrogens with zero attached hydrogens (tertiary/aromatic N) is 1. The molecular formula is C11H6BrCl2NO3S. The lowest BCUT2D eigenvalue weighted by Crippen LogP contribution is -1.99. The molecule has 4 nitrogen and oxygen atoms in total. The molecule has 0 fully saturated rings. The molecule has 0 bridgehead atoms. The molecule has 0 aliphatic heterocycles. The van der Waals surface area contributed by atoms with Gasteiger partial charge in [0.15, 0.2) is 0 Å². The molecule has 1 heterocycles. The van der Waals surface area contributed by atoms with Gasteiger partial charge in [0.25, 0.3) is 0 Å². The van der Waals surface area contributed by atoms with Gasteiger partial charge in [-0.3, -0.25) is 0 Å². The summed E-state index contributed by atoms with van der Waals surface area (Å²) in [6.07, 6.45) is 0. The minimum Gasteiger partial charge on any atom is -0.486 e. The van der Waals surface area contributed by atoms with Gasteiger partial charge in [-0.15, -0.1) is 11.3 Å². The largest absolute Gasteiger partial charge is 0.486 e. The molecular weight excluding hydrogens is 377 g/mol. The molecule has 1 aromatic heterocycles. The number of aromatic carboxylic acids is 1. The van der Waals surface area contributed by atoms with E-state index in [0.29, 0.717) is 26.0 Å². The Morgan fingerprint density at radius 1 is 1.42 bits per heavy atom. The molecule has 0 amide bonds. The SMILES string of the molecule is O=C(O)c1nc(COc2cc(Cl)c(Br)cc2Cl)cs1. The van der Waals surface area contributed by atoms with E-state index in [1.807, 2.05) is 0 Å². The van der Waals surface area contributed by atoms with Crippen LogP contribution < -0.4 is 4.74 Å². The number of carbonyl (C=O) groups is 1. The van der Waals surface area contributed by atoms with Crippen molar-refractivity contribution in [3.8, 4) is 5.75 Å². The van der Waals surface area contributed by atoms with Crippen molar-refractivity contribution in [3.63, 3.8) is 0 Å². The van der Waals surface area contributed by atoms with Gasteiger partial charge in [-0.2, -0.15) is 0 Å². The number of hydrogen-bond acceptors (Lipinski definition) is 4. The van der Waals surface area contributed by atoms with Crippen LogP contribution in [0.25, 0.3) is 0 Å². The molecule has 0 aliphatic carbocycles. The number of hydrogen-bond donors (Lipinski definition) is 1. The molecule has 0 atom stereocenters. The summed E-state index contributed by atoms with van der Waals surface area (Å²) in [5.74, 6) is -0.638. The summed E-state index contributed by atoms with van der Waals surface area (Å²) in [5.41, 5.74) is 0.525. The normalized spacial score (nSPS) is 10.5. The number of thiazole rings is 1. The molecule has 0 spiro atoms. The minimum absolute atomic E-state index is 0.0264. The van der Waals surface area contributed by atoms with E-state index < -0.39 is 5.97 Å². The Bertz CT molecular complexity index is 632. The van der Waals surface area contributed by atoms with Crippen LogP contribution in [0.2, 0.25) is 10.0 Å². The van der Waals surface area contributed by atoms with Crippen LogP contribution >= 0.6 is 50.5 Å². The van der Waals surface area contributed by atoms with Gasteiger partial charge in [0.1, 0.15) is 12.4 Å². The van der Waals surface area contributed by atoms with Crippen LogP contribution in [0.3, 0.4) is 0 Å². The highest BCUT2D eigenvalue weighted by Crippen LogP contribution is 2.34. The predicted octanol–water partition coefficient (Wildman–Crippen LogP) is 4.49. The Balaban J connectivity index is 2.09. The van der Waals surface area contributed by atoms with Crippen LogP contribution in [0.5, 0.6) is 5.75 Å². The van der Waals surface area contributed by atoms with Crippen LogP contribution in [0.4, 0.5) is 0 Å². The maximum atomic E-state index is 10.7. The van der Waals surface area contributed by atoms with Crippen molar-refractivity contribution in [3.05, 3.63) is 42.7 Å². The zero-order valence-corrected chi connectivity index (χ0v) is 13.1. The summed E-state index contributed by atoms with van der Waals surface area (Å²) in [6.45, 7) is 0.126. The number of aromatic nitrogens is 1. The second-order valence-corrected chi connectivity index (χ2v) is 5.96. The van der Waals surface area contributed by atoms with E-state index in [-0.39, 0.29) is 11.6 Å². The van der Waals surface area contributed by atoms with E-state index in [1.54, 1.807) is 17.5 Å². The third kappa shape index (κ3) is 3.60. The first-order valence-corrected chi connectivity index (χ1v) is 7.35. The van der Waals surface area contributed by atoms with Crippen LogP contribution in [0, 0.1) is 0 Å². The summed E-state index contributed by atoms with van der Waals surface area (Å²) in [5, 5.41) is 11.3. The van der Waals surface area contributed by atoms with Crippen molar-refractivity contribution in [1.82, 2.24) is 4.98 Å². The summed E-state index contributed by atoms with van der Waals surface area (Å²) in [6, 6.07) is 3.21. The van der Waals surface area contributed by atoms with Crippen molar-refractivity contribution in [1.29, 1.82) is 0 Å². The lowest BCUT2D eigenvalue weighted by atomic mass is 10.3. The average molecular weight is 383 g/mol. The van der Waals surface area contributed by atoms with Crippen LogP contribution in [0.1, 0.15) is 15.5 Å². The first-order chi connectivity index (χ1) is 8.97. The van der Waals surface area contributed by atoms with E-state index >= 15 is 0 Å². The van der Waals surface area contributed by atoms with Crippen molar-refractivity contribution in [2.24, 2.45) is 0 Å². The number of carboxylic acid groups (broad SMARTS) is 1. The molecule has 19 heavy (non-hydrogen) atoms. The molecule has 0 saturated heterocycles. The first-order valence-electron chi connectivity index (χ1n) is 4.92. The highest BCUT2D eigenvalue weighted by molar-refractivity contribution is 9.10. The quantitative estimate of drug-likeness (QED) is 0.791. The number of carboxylic acids is 1. The Hall–Kier alpha value is -0.820. The Kier molecular flexibility index (Phi) is 4.67. The first kappa shape index (κ1) is 14.6. The third-order valence-corrected chi connectivity index (χ3v) is 4.46. The zero-order chi connectivity index (χ0) is 14.0. The molecule has 100 valence electrons. The Labute approximate surface area is 131 Å². The molecule has 0 unspecified atom stereocenters. The predicted molar refractivity (Wildman–Crippen MR) is 77.6 cm³/mol. The van der Waals surface area contributed by atoms with E-state index in [9.17, 15) is 4.79 Å². The number of benzene rings is 1. The van der Waals surface area contributed by atoms with Gasteiger partial charge in [-0.05, 0) is 22.0 Å². The van der Waals surface area contributed by atoms with Gasteiger partial charge in [0.2, 0.25) is 5.01 Å². The average Bonchev–Trinajstić information content (AvgIpc) is 2.81. The number of ether oxygens (including phenoxy) is 1. The van der Waals surface area contributed by atoms with Crippen LogP contribution in [-0.4, -0.2) is 16.1 Å². The lowest BCUT2D eigenvalue weighted by molar-refractivity contribution is 0.0696. The van der Waals surface area contributed by atoms with Gasteiger partial charge in [-0.25, -0.2) is 9.78 Å². The topological polar surface area (TPSA) is 59.4 Å². The van der Waals surface area contributed by atoms with Gasteiger partial charge >= 0.3 is 5.97 Å².